The highest BCUT2D eigenvalue weighted by molar-refractivity contribution is 5.81. The predicted molar refractivity (Wildman–Crippen MR) is 36.3 cm³/mol. The van der Waals surface area contributed by atoms with Gasteiger partial charge in [-0.05, 0) is 19.1 Å². The third-order valence-electron chi connectivity index (χ3n) is 1.45. The lowest BCUT2D eigenvalue weighted by atomic mass is 9.93. The Balaban J connectivity index is 2.85. The lowest BCUT2D eigenvalue weighted by Crippen LogP contribution is -2.23. The van der Waals surface area contributed by atoms with Crippen LogP contribution in [0, 0.1) is 5.41 Å². The Morgan fingerprint density at radius 3 is 2.40 bits per heavy atom. The molecule has 1 rings (SSSR count). The molecule has 52 valence electrons. The summed E-state index contributed by atoms with van der Waals surface area (Å²) in [4.78, 5) is 11.0. The molecule has 0 N–H and O–H groups in total. The van der Waals surface area contributed by atoms with Crippen molar-refractivity contribution in [1.29, 1.82) is 0 Å². The fourth-order valence-electron chi connectivity index (χ4n) is 0.763. The molecule has 0 fully saturated rings. The maximum atomic E-state index is 11.0. The molecule has 0 bridgehead atoms. The van der Waals surface area contributed by atoms with Gasteiger partial charge in [-0.15, -0.1) is 0 Å². The number of ether oxygens (including phenoxy) is 1. The van der Waals surface area contributed by atoms with Crippen molar-refractivity contribution >= 4 is 5.97 Å². The van der Waals surface area contributed by atoms with Crippen LogP contribution in [0.1, 0.15) is 6.92 Å². The minimum absolute atomic E-state index is 0.273. The van der Waals surface area contributed by atoms with Crippen LogP contribution in [-0.4, -0.2) is 13.1 Å². The highest BCUT2D eigenvalue weighted by Gasteiger charge is 2.30. The van der Waals surface area contributed by atoms with Gasteiger partial charge in [0.2, 0.25) is 0 Å². The van der Waals surface area contributed by atoms with Crippen molar-refractivity contribution in [3.63, 3.8) is 0 Å². The smallest absolute Gasteiger partial charge is 0.320 e. The standard InChI is InChI=1S/C8H8O2/c1-8(7(9)10-2)5-3-4-6-8/h5-6H,1-2H3. The zero-order valence-electron chi connectivity index (χ0n) is 5.97. The first-order valence-electron chi connectivity index (χ1n) is 2.97. The van der Waals surface area contributed by atoms with Crippen molar-refractivity contribution < 1.29 is 9.53 Å². The molecule has 0 aromatic rings. The Morgan fingerprint density at radius 2 is 2.00 bits per heavy atom. The lowest BCUT2D eigenvalue weighted by Gasteiger charge is -2.13. The van der Waals surface area contributed by atoms with Gasteiger partial charge in [-0.2, -0.15) is 0 Å². The SMILES string of the molecule is COC(=O)C1(C)C=C=C=C1. The van der Waals surface area contributed by atoms with Crippen LogP contribution in [0.3, 0.4) is 0 Å². The first kappa shape index (κ1) is 6.88. The van der Waals surface area contributed by atoms with E-state index in [2.05, 4.69) is 16.2 Å². The molecule has 0 saturated heterocycles. The van der Waals surface area contributed by atoms with Crippen LogP contribution in [-0.2, 0) is 9.53 Å². The lowest BCUT2D eigenvalue weighted by molar-refractivity contribution is -0.146. The molecule has 0 amide bonds. The Labute approximate surface area is 59.5 Å². The van der Waals surface area contributed by atoms with E-state index in [4.69, 9.17) is 0 Å². The van der Waals surface area contributed by atoms with Gasteiger partial charge in [0, 0.05) is 0 Å². The molecule has 0 unspecified atom stereocenters. The van der Waals surface area contributed by atoms with E-state index in [-0.39, 0.29) is 5.97 Å². The number of carbonyl (C=O) groups excluding carboxylic acids is 1. The van der Waals surface area contributed by atoms with E-state index in [1.807, 2.05) is 0 Å². The zero-order valence-corrected chi connectivity index (χ0v) is 5.97. The minimum atomic E-state index is -0.630. The molecular formula is C8H8O2. The fraction of sp³-hybridized carbons (Fsp3) is 0.375. The third-order valence-corrected chi connectivity index (χ3v) is 1.45. The number of esters is 1. The van der Waals surface area contributed by atoms with E-state index >= 15 is 0 Å². The normalized spacial score (nSPS) is 17.8. The zero-order chi connectivity index (χ0) is 7.61. The van der Waals surface area contributed by atoms with Gasteiger partial charge in [-0.3, -0.25) is 4.79 Å². The molecule has 0 aliphatic heterocycles. The monoisotopic (exact) mass is 136 g/mol. The number of hydrogen-bond acceptors (Lipinski definition) is 2. The third kappa shape index (κ3) is 0.906. The summed E-state index contributed by atoms with van der Waals surface area (Å²) in [5.41, 5.74) is 4.76. The fourth-order valence-corrected chi connectivity index (χ4v) is 0.763. The second-order valence-electron chi connectivity index (χ2n) is 2.35. The summed E-state index contributed by atoms with van der Waals surface area (Å²) in [6.07, 6.45) is 3.28. The van der Waals surface area contributed by atoms with Crippen molar-refractivity contribution in [2.75, 3.05) is 7.11 Å². The molecule has 10 heavy (non-hydrogen) atoms. The molecule has 0 aromatic heterocycles. The summed E-state index contributed by atoms with van der Waals surface area (Å²) in [5.74, 6) is -0.273. The number of rotatable bonds is 1. The van der Waals surface area contributed by atoms with E-state index in [0.717, 1.165) is 0 Å². The van der Waals surface area contributed by atoms with Gasteiger partial charge >= 0.3 is 5.97 Å². The minimum Gasteiger partial charge on any atom is -0.468 e. The molecule has 0 saturated carbocycles. The Kier molecular flexibility index (Phi) is 1.50. The van der Waals surface area contributed by atoms with Gasteiger partial charge in [0.1, 0.15) is 5.41 Å². The van der Waals surface area contributed by atoms with Crippen LogP contribution in [0.15, 0.2) is 23.6 Å². The molecule has 0 aromatic carbocycles. The van der Waals surface area contributed by atoms with Gasteiger partial charge in [0.05, 0.1) is 7.11 Å². The van der Waals surface area contributed by atoms with Crippen molar-refractivity contribution in [1.82, 2.24) is 0 Å². The highest BCUT2D eigenvalue weighted by Crippen LogP contribution is 2.23. The average Bonchev–Trinajstić information content (AvgIpc) is 2.36. The average molecular weight is 136 g/mol. The number of carbonyl (C=O) groups is 1. The van der Waals surface area contributed by atoms with Crippen molar-refractivity contribution in [3.05, 3.63) is 23.6 Å². The number of hydrogen-bond donors (Lipinski definition) is 0. The van der Waals surface area contributed by atoms with Gasteiger partial charge in [-0.25, -0.2) is 0 Å². The van der Waals surface area contributed by atoms with Gasteiger partial charge < -0.3 is 4.74 Å². The molecule has 2 heteroatoms. The second kappa shape index (κ2) is 2.18. The summed E-state index contributed by atoms with van der Waals surface area (Å²) in [6.45, 7) is 1.76. The summed E-state index contributed by atoms with van der Waals surface area (Å²) in [6, 6.07) is 0. The quantitative estimate of drug-likeness (QED) is 0.397. The predicted octanol–water partition coefficient (Wildman–Crippen LogP) is 1.05. The molecule has 2 nitrogen and oxygen atoms in total. The Morgan fingerprint density at radius 1 is 1.50 bits per heavy atom. The first-order chi connectivity index (χ1) is 4.69. The van der Waals surface area contributed by atoms with Crippen molar-refractivity contribution in [3.8, 4) is 0 Å². The Bertz CT molecular complexity index is 234. The second-order valence-corrected chi connectivity index (χ2v) is 2.35. The van der Waals surface area contributed by atoms with E-state index in [1.165, 1.54) is 7.11 Å². The number of methoxy groups -OCH3 is 1. The summed E-state index contributed by atoms with van der Waals surface area (Å²) < 4.78 is 4.56. The van der Waals surface area contributed by atoms with Gasteiger partial charge in [-0.1, -0.05) is 11.5 Å². The van der Waals surface area contributed by atoms with Crippen LogP contribution in [0.5, 0.6) is 0 Å². The van der Waals surface area contributed by atoms with E-state index in [0.29, 0.717) is 0 Å². The van der Waals surface area contributed by atoms with Crippen LogP contribution in [0.4, 0.5) is 0 Å². The van der Waals surface area contributed by atoms with Crippen LogP contribution in [0.25, 0.3) is 0 Å². The van der Waals surface area contributed by atoms with Crippen LogP contribution < -0.4 is 0 Å². The van der Waals surface area contributed by atoms with Gasteiger partial charge in [0.25, 0.3) is 0 Å². The summed E-state index contributed by atoms with van der Waals surface area (Å²) >= 11 is 0. The molecule has 1 aliphatic carbocycles. The van der Waals surface area contributed by atoms with E-state index < -0.39 is 5.41 Å². The molecule has 0 heterocycles. The molecule has 0 spiro atoms. The topological polar surface area (TPSA) is 26.3 Å². The largest absolute Gasteiger partial charge is 0.468 e. The summed E-state index contributed by atoms with van der Waals surface area (Å²) in [7, 11) is 1.37. The van der Waals surface area contributed by atoms with E-state index in [1.54, 1.807) is 19.1 Å². The van der Waals surface area contributed by atoms with Crippen LogP contribution >= 0.6 is 0 Å². The molecule has 0 radical (unpaired) electrons. The first-order valence-corrected chi connectivity index (χ1v) is 2.97. The molecule has 1 aliphatic rings. The van der Waals surface area contributed by atoms with Gasteiger partial charge in [0.15, 0.2) is 0 Å². The maximum Gasteiger partial charge on any atom is 0.320 e. The summed E-state index contributed by atoms with van der Waals surface area (Å²) in [5, 5.41) is 0. The molecular weight excluding hydrogens is 128 g/mol. The highest BCUT2D eigenvalue weighted by atomic mass is 16.5. The van der Waals surface area contributed by atoms with Crippen molar-refractivity contribution in [2.45, 2.75) is 6.92 Å². The van der Waals surface area contributed by atoms with E-state index in [9.17, 15) is 4.79 Å². The maximum absolute atomic E-state index is 11.0. The molecule has 0 atom stereocenters. The van der Waals surface area contributed by atoms with Crippen LogP contribution in [0.2, 0.25) is 0 Å². The van der Waals surface area contributed by atoms with Crippen molar-refractivity contribution in [2.24, 2.45) is 5.41 Å². The Hall–Kier alpha value is -1.23.